The van der Waals surface area contributed by atoms with Crippen molar-refractivity contribution in [3.8, 4) is 16.9 Å². The SMILES string of the molecule is CCN(c1cc(-c2ccc(CN3CCOCC3)cc2)cc(C(=O)NCc2c(C)cc(C)[nH]c2=O)c1C)C1CCN(C(=O)CCCCCCCCCCC(=O)NCCOc2cccc3c2C(=O)N(C2CCC(=O)N(C)C2=O)C3=O)CC1. The number of piperidine rings is 2. The van der Waals surface area contributed by atoms with Crippen LogP contribution in [-0.2, 0) is 37.0 Å². The van der Waals surface area contributed by atoms with Crippen LogP contribution in [0.5, 0.6) is 5.75 Å². The molecule has 3 fully saturated rings. The fraction of sp³-hybridized carbons (Fsp3) is 0.516. The number of amides is 7. The molecule has 4 aliphatic heterocycles. The fourth-order valence-corrected chi connectivity index (χ4v) is 11.7. The summed E-state index contributed by atoms with van der Waals surface area (Å²) in [6.07, 6.45) is 10.5. The van der Waals surface area contributed by atoms with Crippen LogP contribution < -0.4 is 25.8 Å². The summed E-state index contributed by atoms with van der Waals surface area (Å²) in [6.45, 7) is 14.6. The molecule has 18 nitrogen and oxygen atoms in total. The lowest BCUT2D eigenvalue weighted by molar-refractivity contribution is -0.149. The van der Waals surface area contributed by atoms with E-state index in [1.807, 2.05) is 37.8 Å². The van der Waals surface area contributed by atoms with Crippen molar-refractivity contribution >= 4 is 47.0 Å². The molecule has 3 aromatic carbocycles. The maximum absolute atomic E-state index is 14.2. The first-order valence-corrected chi connectivity index (χ1v) is 28.9. The zero-order valence-corrected chi connectivity index (χ0v) is 47.4. The Morgan fingerprint density at radius 3 is 2.15 bits per heavy atom. The van der Waals surface area contributed by atoms with Gasteiger partial charge in [0.1, 0.15) is 18.4 Å². The van der Waals surface area contributed by atoms with Gasteiger partial charge in [0.05, 0.1) is 30.9 Å². The molecule has 0 spiro atoms. The van der Waals surface area contributed by atoms with E-state index in [-0.39, 0.29) is 84.6 Å². The van der Waals surface area contributed by atoms with E-state index in [4.69, 9.17) is 9.47 Å². The van der Waals surface area contributed by atoms with Crippen molar-refractivity contribution in [3.05, 3.63) is 116 Å². The monoisotopic (exact) mass is 1100 g/mol. The molecular weight excluding hydrogens is 1020 g/mol. The number of aryl methyl sites for hydroxylation is 2. The van der Waals surface area contributed by atoms with Gasteiger partial charge in [0.25, 0.3) is 29.2 Å². The molecule has 5 heterocycles. The summed E-state index contributed by atoms with van der Waals surface area (Å²) in [5.41, 5.74) is 7.80. The van der Waals surface area contributed by atoms with Gasteiger partial charge in [-0.1, -0.05) is 68.9 Å². The number of pyridine rings is 1. The normalized spacial score (nSPS) is 17.0. The third-order valence-electron chi connectivity index (χ3n) is 16.3. The Balaban J connectivity index is 0.733. The van der Waals surface area contributed by atoms with Gasteiger partial charge in [-0.15, -0.1) is 0 Å². The smallest absolute Gasteiger partial charge is 0.266 e. The van der Waals surface area contributed by atoms with Crippen molar-refractivity contribution < 1.29 is 43.0 Å². The number of fused-ring (bicyclic) bond motifs is 1. The maximum atomic E-state index is 14.2. The lowest BCUT2D eigenvalue weighted by Gasteiger charge is -2.40. The van der Waals surface area contributed by atoms with Crippen molar-refractivity contribution in [2.75, 3.05) is 71.0 Å². The van der Waals surface area contributed by atoms with Gasteiger partial charge in [-0.3, -0.25) is 53.1 Å². The number of nitrogens with one attached hydrogen (secondary N) is 3. The summed E-state index contributed by atoms with van der Waals surface area (Å²) in [6, 6.07) is 18.5. The number of ether oxygens (including phenoxy) is 2. The number of H-pyrrole nitrogens is 1. The number of unbranched alkanes of at least 4 members (excludes halogenated alkanes) is 7. The second kappa shape index (κ2) is 27.8. The van der Waals surface area contributed by atoms with Crippen molar-refractivity contribution in [2.45, 2.75) is 143 Å². The average molecular weight is 1100 g/mol. The van der Waals surface area contributed by atoms with E-state index in [0.717, 1.165) is 147 Å². The zero-order valence-electron chi connectivity index (χ0n) is 47.4. The standard InChI is InChI=1S/C62H80N8O10/c1-6-69(52-38-46(45-22-20-44(21-23-45)40-67-31-34-79-35-32-67)37-49(43(52)4)58(74)64-39-50-41(2)36-42(3)65-59(50)75)47-26-29-68(30-27-47)56(73)19-14-12-10-8-7-9-11-13-18-54(71)63-28-33-80-53-17-15-16-48-57(53)62(78)70(60(48)76)51-24-25-55(72)66(5)61(51)77/h15-17,20-23,36-38,47,51H,6-14,18-19,24-35,39-40H2,1-5H3,(H,63,71)(H,64,74)(H,65,75). The molecule has 8 rings (SSSR count). The summed E-state index contributed by atoms with van der Waals surface area (Å²) in [5.74, 6) is -2.09. The van der Waals surface area contributed by atoms with Gasteiger partial charge in [-0.2, -0.15) is 0 Å². The van der Waals surface area contributed by atoms with E-state index in [2.05, 4.69) is 62.7 Å². The summed E-state index contributed by atoms with van der Waals surface area (Å²) in [7, 11) is 1.35. The van der Waals surface area contributed by atoms with E-state index in [1.165, 1.54) is 18.7 Å². The van der Waals surface area contributed by atoms with E-state index in [0.29, 0.717) is 37.1 Å². The number of likely N-dealkylation sites (N-methyl/N-ethyl adjacent to an activating group) is 1. The summed E-state index contributed by atoms with van der Waals surface area (Å²) in [5, 5.41) is 5.92. The molecule has 4 aromatic rings. The van der Waals surface area contributed by atoms with E-state index < -0.39 is 23.8 Å². The number of morpholine rings is 1. The topological polar surface area (TPSA) is 211 Å². The van der Waals surface area contributed by atoms with Crippen LogP contribution in [0.3, 0.4) is 0 Å². The van der Waals surface area contributed by atoms with E-state index in [9.17, 15) is 38.4 Å². The van der Waals surface area contributed by atoms with Gasteiger partial charge in [0.2, 0.25) is 17.7 Å². The van der Waals surface area contributed by atoms with Crippen molar-refractivity contribution in [3.63, 3.8) is 0 Å². The number of imide groups is 2. The molecular formula is C62H80N8O10. The highest BCUT2D eigenvalue weighted by Crippen LogP contribution is 2.36. The van der Waals surface area contributed by atoms with Crippen LogP contribution in [-0.4, -0.2) is 144 Å². The third-order valence-corrected chi connectivity index (χ3v) is 16.3. The third kappa shape index (κ3) is 14.4. The van der Waals surface area contributed by atoms with Crippen LogP contribution in [0.15, 0.2) is 65.5 Å². The highest BCUT2D eigenvalue weighted by molar-refractivity contribution is 6.24. The number of nitrogens with zero attached hydrogens (tertiary/aromatic N) is 5. The van der Waals surface area contributed by atoms with Crippen LogP contribution >= 0.6 is 0 Å². The highest BCUT2D eigenvalue weighted by atomic mass is 16.5. The number of aromatic amines is 1. The van der Waals surface area contributed by atoms with Gasteiger partial charge in [-0.25, -0.2) is 0 Å². The number of benzene rings is 3. The molecule has 0 aliphatic carbocycles. The molecule has 4 aliphatic rings. The van der Waals surface area contributed by atoms with Crippen LogP contribution in [0.1, 0.15) is 156 Å². The number of carbonyl (C=O) groups is 7. The lowest BCUT2D eigenvalue weighted by atomic mass is 9.94. The molecule has 7 amide bonds. The molecule has 1 atom stereocenters. The van der Waals surface area contributed by atoms with Crippen LogP contribution in [0.25, 0.3) is 11.1 Å². The first-order valence-electron chi connectivity index (χ1n) is 28.9. The highest BCUT2D eigenvalue weighted by Gasteiger charge is 2.47. The first-order chi connectivity index (χ1) is 38.6. The maximum Gasteiger partial charge on any atom is 0.266 e. The molecule has 18 heteroatoms. The largest absolute Gasteiger partial charge is 0.491 e. The van der Waals surface area contributed by atoms with Crippen LogP contribution in [0.2, 0.25) is 0 Å². The van der Waals surface area contributed by atoms with Crippen LogP contribution in [0, 0.1) is 20.8 Å². The van der Waals surface area contributed by atoms with Gasteiger partial charge in [0.15, 0.2) is 0 Å². The minimum atomic E-state index is -1.05. The summed E-state index contributed by atoms with van der Waals surface area (Å²) in [4.78, 5) is 116. The number of carbonyl (C=O) groups excluding carboxylic acids is 7. The van der Waals surface area contributed by atoms with E-state index >= 15 is 0 Å². The number of hydrogen-bond acceptors (Lipinski definition) is 12. The molecule has 0 radical (unpaired) electrons. The first kappa shape index (κ1) is 59.0. The van der Waals surface area contributed by atoms with Crippen molar-refractivity contribution in [2.24, 2.45) is 0 Å². The van der Waals surface area contributed by atoms with Crippen molar-refractivity contribution in [1.82, 2.24) is 35.2 Å². The predicted octanol–water partition coefficient (Wildman–Crippen LogP) is 7.39. The number of rotatable bonds is 25. The van der Waals surface area contributed by atoms with Crippen molar-refractivity contribution in [1.29, 1.82) is 0 Å². The summed E-state index contributed by atoms with van der Waals surface area (Å²) >= 11 is 0. The second-order valence-electron chi connectivity index (χ2n) is 21.8. The average Bonchev–Trinajstić information content (AvgIpc) is 3.76. The molecule has 1 unspecified atom stereocenters. The molecule has 428 valence electrons. The Bertz CT molecular complexity index is 2960. The predicted molar refractivity (Wildman–Crippen MR) is 305 cm³/mol. The Morgan fingerprint density at radius 1 is 0.775 bits per heavy atom. The Labute approximate surface area is 469 Å². The Hall–Kier alpha value is -7.18. The molecule has 3 saturated heterocycles. The zero-order chi connectivity index (χ0) is 56.9. The van der Waals surface area contributed by atoms with Gasteiger partial charge in [0, 0.05) is 101 Å². The number of anilines is 1. The minimum Gasteiger partial charge on any atom is -0.491 e. The molecule has 3 N–H and O–H groups in total. The number of aromatic nitrogens is 1. The quantitative estimate of drug-likeness (QED) is 0.0438. The molecule has 80 heavy (non-hydrogen) atoms. The number of hydrogen-bond donors (Lipinski definition) is 3. The number of likely N-dealkylation sites (tertiary alicyclic amines) is 2. The van der Waals surface area contributed by atoms with Gasteiger partial charge >= 0.3 is 0 Å². The minimum absolute atomic E-state index is 0.0565. The van der Waals surface area contributed by atoms with E-state index in [1.54, 1.807) is 12.1 Å². The Kier molecular flexibility index (Phi) is 20.5. The van der Waals surface area contributed by atoms with Crippen LogP contribution in [0.4, 0.5) is 5.69 Å². The van der Waals surface area contributed by atoms with Gasteiger partial charge < -0.3 is 34.9 Å². The second-order valence-corrected chi connectivity index (χ2v) is 21.8. The van der Waals surface area contributed by atoms with Gasteiger partial charge in [-0.05, 0) is 118 Å². The fourth-order valence-electron chi connectivity index (χ4n) is 11.7. The molecule has 0 saturated carbocycles. The molecule has 1 aromatic heterocycles. The lowest BCUT2D eigenvalue weighted by Crippen LogP contribution is -2.54. The molecule has 0 bridgehead atoms. The Morgan fingerprint density at radius 2 is 1.46 bits per heavy atom. The summed E-state index contributed by atoms with van der Waals surface area (Å²) < 4.78 is 11.4.